The van der Waals surface area contributed by atoms with E-state index in [-0.39, 0.29) is 57.3 Å². The number of esters is 2. The Morgan fingerprint density at radius 2 is 1.41 bits per heavy atom. The van der Waals surface area contributed by atoms with Gasteiger partial charge in [0.05, 0.1) is 91.6 Å². The van der Waals surface area contributed by atoms with Crippen LogP contribution in [-0.4, -0.2) is 208 Å². The van der Waals surface area contributed by atoms with E-state index in [0.29, 0.717) is 24.4 Å². The summed E-state index contributed by atoms with van der Waals surface area (Å²) in [6.07, 6.45) is -8.77. The summed E-state index contributed by atoms with van der Waals surface area (Å²) in [5, 5.41) is 163. The molecule has 23 atom stereocenters. The molecular weight excluding hydrogens is 1120 g/mol. The van der Waals surface area contributed by atoms with E-state index in [1.165, 1.54) is 6.08 Å². The molecule has 2 aliphatic heterocycles. The van der Waals surface area contributed by atoms with Crippen LogP contribution in [0, 0.1) is 41.4 Å². The summed E-state index contributed by atoms with van der Waals surface area (Å²) < 4.78 is 17.5. The van der Waals surface area contributed by atoms with Crippen LogP contribution in [0.15, 0.2) is 52.6 Å². The number of rotatable bonds is 11. The Morgan fingerprint density at radius 1 is 0.791 bits per heavy atom. The average Bonchev–Trinajstić information content (AvgIpc) is 1.21. The van der Waals surface area contributed by atoms with Crippen molar-refractivity contribution in [2.75, 3.05) is 20.6 Å². The lowest BCUT2D eigenvalue weighted by atomic mass is 9.84. The van der Waals surface area contributed by atoms with Gasteiger partial charge in [0.1, 0.15) is 18.3 Å². The molecule has 0 aromatic carbocycles. The molecule has 0 spiro atoms. The van der Waals surface area contributed by atoms with Gasteiger partial charge in [0, 0.05) is 70.0 Å². The van der Waals surface area contributed by atoms with Gasteiger partial charge in [-0.2, -0.15) is 0 Å². The van der Waals surface area contributed by atoms with Gasteiger partial charge >= 0.3 is 11.9 Å². The number of hydrogen-bond donors (Lipinski definition) is 15. The van der Waals surface area contributed by atoms with Crippen molar-refractivity contribution in [1.82, 2.24) is 10.6 Å². The number of cyclic esters (lactones) is 1. The van der Waals surface area contributed by atoms with Crippen LogP contribution < -0.4 is 15.7 Å². The maximum Gasteiger partial charge on any atom is 0.311 e. The van der Waals surface area contributed by atoms with E-state index in [9.17, 15) is 85.9 Å². The van der Waals surface area contributed by atoms with Crippen molar-refractivity contribution < 1.29 is 100 Å². The predicted molar refractivity (Wildman–Crippen MR) is 321 cm³/mol. The van der Waals surface area contributed by atoms with Crippen LogP contribution in [-0.2, 0) is 28.6 Å². The van der Waals surface area contributed by atoms with Crippen LogP contribution in [0.5, 0.6) is 0 Å². The van der Waals surface area contributed by atoms with Crippen LogP contribution in [0.25, 0.3) is 0 Å². The van der Waals surface area contributed by atoms with Gasteiger partial charge in [-0.1, -0.05) is 90.0 Å². The third-order valence-corrected chi connectivity index (χ3v) is 17.5. The van der Waals surface area contributed by atoms with Crippen molar-refractivity contribution in [2.45, 2.75) is 262 Å². The molecule has 1 saturated heterocycles. The number of guanidine groups is 1. The van der Waals surface area contributed by atoms with Crippen molar-refractivity contribution in [2.24, 2.45) is 46.4 Å². The molecule has 0 aromatic rings. The van der Waals surface area contributed by atoms with Crippen LogP contribution in [0.4, 0.5) is 0 Å². The maximum absolute atomic E-state index is 14.0. The van der Waals surface area contributed by atoms with Gasteiger partial charge in [-0.05, 0) is 102 Å². The van der Waals surface area contributed by atoms with E-state index in [2.05, 4.69) is 21.7 Å². The highest BCUT2D eigenvalue weighted by Gasteiger charge is 2.50. The highest BCUT2D eigenvalue weighted by molar-refractivity contribution is 5.89. The molecule has 2 aliphatic rings. The summed E-state index contributed by atoms with van der Waals surface area (Å²) in [6, 6.07) is 0. The number of carboxylic acids is 1. The number of nitrogens with one attached hydrogen (secondary N) is 2. The molecule has 86 heavy (non-hydrogen) atoms. The first kappa shape index (κ1) is 78.2. The molecule has 0 radical (unpaired) electrons. The number of ether oxygens (including phenoxy) is 3. The molecule has 2 rings (SSSR count). The van der Waals surface area contributed by atoms with Gasteiger partial charge in [-0.3, -0.25) is 14.6 Å². The van der Waals surface area contributed by atoms with E-state index < -0.39 is 170 Å². The maximum atomic E-state index is 14.0. The third kappa shape index (κ3) is 27.4. The largest absolute Gasteiger partial charge is 0.550 e. The number of carbonyl (C=O) groups excluding carboxylic acids is 3. The lowest BCUT2D eigenvalue weighted by molar-refractivity contribution is -0.333. The molecule has 2 bridgehead atoms. The molecule has 0 saturated carbocycles. The summed E-state index contributed by atoms with van der Waals surface area (Å²) in [6.45, 7) is 16.2. The zero-order chi connectivity index (χ0) is 65.2. The van der Waals surface area contributed by atoms with E-state index in [4.69, 9.17) is 14.2 Å². The second-order valence-corrected chi connectivity index (χ2v) is 25.0. The number of allylic oxidation sites excluding steroid dienone is 4. The molecule has 23 heteroatoms. The number of aliphatic imine (C=N–C) groups is 1. The number of nitrogens with zero attached hydrogens (tertiary/aromatic N) is 1. The number of fused-ring (bicyclic) bond motifs is 2. The summed E-state index contributed by atoms with van der Waals surface area (Å²) >= 11 is 0. The van der Waals surface area contributed by atoms with Crippen molar-refractivity contribution in [1.29, 1.82) is 0 Å². The van der Waals surface area contributed by atoms with Crippen LogP contribution in [0.3, 0.4) is 0 Å². The minimum atomic E-state index is -2.55. The lowest BCUT2D eigenvalue weighted by Crippen LogP contribution is -2.60. The van der Waals surface area contributed by atoms with E-state index in [1.54, 1.807) is 79.9 Å². The van der Waals surface area contributed by atoms with Gasteiger partial charge < -0.3 is 101 Å². The van der Waals surface area contributed by atoms with Crippen molar-refractivity contribution in [3.8, 4) is 0 Å². The lowest BCUT2D eigenvalue weighted by Gasteiger charge is -2.45. The SMILES string of the molecule is CN=C(NC)NCCCC/C=C(\C)CC(C)C1OC(=O)C(C)C(O)/C(C)=C/CC(O)C(C)C(O)CC(O)C(C)C(O)CCCC(C)C(O)C[C@]2(O)O[C@H](CC(OC(=O)CC(=O)[O-])CC(O)CC(O)CC(O)C(C)C(O)/C=C/C=C/C1C)C[C@H](O)[C@H]2O. The number of hydrogen-bond acceptors (Lipinski definition) is 21. The number of carboxylic acid groups (broad SMARTS) is 1. The first-order valence-electron chi connectivity index (χ1n) is 31.0. The molecule has 498 valence electrons. The molecule has 0 aromatic heterocycles. The number of aliphatic hydroxyl groups is 13. The Labute approximate surface area is 510 Å². The van der Waals surface area contributed by atoms with Gasteiger partial charge in [-0.15, -0.1) is 0 Å². The Hall–Kier alpha value is -3.92. The molecule has 15 N–H and O–H groups in total. The van der Waals surface area contributed by atoms with Crippen molar-refractivity contribution in [3.05, 3.63) is 47.6 Å². The Bertz CT molecular complexity index is 2150. The quantitative estimate of drug-likeness (QED) is 0.0348. The average molecular weight is 1230 g/mol. The third-order valence-electron chi connectivity index (χ3n) is 17.5. The van der Waals surface area contributed by atoms with Gasteiger partial charge in [0.15, 0.2) is 11.7 Å². The molecule has 0 amide bonds. The number of carbonyl (C=O) groups is 3. The minimum Gasteiger partial charge on any atom is -0.550 e. The van der Waals surface area contributed by atoms with Crippen LogP contribution in [0.1, 0.15) is 165 Å². The zero-order valence-corrected chi connectivity index (χ0v) is 52.8. The van der Waals surface area contributed by atoms with E-state index in [1.807, 2.05) is 20.8 Å². The molecule has 19 unspecified atom stereocenters. The fourth-order valence-electron chi connectivity index (χ4n) is 11.2. The van der Waals surface area contributed by atoms with Gasteiger partial charge in [-0.25, -0.2) is 0 Å². The molecule has 23 nitrogen and oxygen atoms in total. The molecule has 0 aliphatic carbocycles. The number of aliphatic carboxylic acids is 1. The second kappa shape index (κ2) is 39.3. The Morgan fingerprint density at radius 3 is 2.03 bits per heavy atom. The smallest absolute Gasteiger partial charge is 0.311 e. The summed E-state index contributed by atoms with van der Waals surface area (Å²) in [5.74, 6) is -10.0. The summed E-state index contributed by atoms with van der Waals surface area (Å²) in [7, 11) is 3.50. The number of unbranched alkanes of at least 4 members (excludes halogenated alkanes) is 2. The monoisotopic (exact) mass is 1230 g/mol. The van der Waals surface area contributed by atoms with E-state index in [0.717, 1.165) is 31.4 Å². The summed E-state index contributed by atoms with van der Waals surface area (Å²) in [5.41, 5.74) is 1.49. The normalized spacial score (nSPS) is 39.6. The van der Waals surface area contributed by atoms with E-state index >= 15 is 0 Å². The molecule has 2 heterocycles. The second-order valence-electron chi connectivity index (χ2n) is 25.0. The van der Waals surface area contributed by atoms with Gasteiger partial charge in [0.2, 0.25) is 0 Å². The first-order chi connectivity index (χ1) is 40.2. The zero-order valence-electron chi connectivity index (χ0n) is 52.8. The van der Waals surface area contributed by atoms with Crippen molar-refractivity contribution in [3.63, 3.8) is 0 Å². The van der Waals surface area contributed by atoms with Crippen LogP contribution in [0.2, 0.25) is 0 Å². The summed E-state index contributed by atoms with van der Waals surface area (Å²) in [4.78, 5) is 42.0. The highest BCUT2D eigenvalue weighted by atomic mass is 16.7. The fourth-order valence-corrected chi connectivity index (χ4v) is 11.2. The minimum absolute atomic E-state index is 0.00347. The molecular formula is C63H110N3O20-. The standard InChI is InChI=1S/C63H111N3O20/c1-35(18-13-12-16-25-66-62(64-10)65-11)26-39(5)59-38(4)19-14-15-21-48(69)40(6)51(72)29-45(68)27-44(67)28-46(84-57(79)33-56(77)78)30-47-31-54(75)60(81)63(83,86-47)34-55(76)36(2)20-17-22-49(70)41(7)52(73)32-53(74)42(8)50(71)24-23-37(3)58(80)43(9)61(82)85-59/h14-15,18-19,21,23,36,38-55,58-60,67-76,80-81,83H,12-13,16-17,20,22,24-34H2,1-11H3,(H,77,78)(H2,64,65,66)/p-1/b19-14+,21-15+,35-18+,37-23+/t36?,38?,39?,40?,41?,42?,43?,44?,45?,46?,47-,48?,49?,50?,51?,52?,53?,54+,55?,58?,59?,60-,63+/m1/s1. The highest BCUT2D eigenvalue weighted by Crippen LogP contribution is 2.37. The Kier molecular flexibility index (Phi) is 35.7. The number of aliphatic hydroxyl groups excluding tert-OH is 12. The van der Waals surface area contributed by atoms with Crippen LogP contribution >= 0.6 is 0 Å². The molecule has 1 fully saturated rings. The Balaban J connectivity index is 2.48. The predicted octanol–water partition coefficient (Wildman–Crippen LogP) is 1.49. The van der Waals surface area contributed by atoms with Gasteiger partial charge in [0.25, 0.3) is 0 Å². The van der Waals surface area contributed by atoms with Crippen molar-refractivity contribution >= 4 is 23.9 Å². The fraction of sp³-hybridized carbons (Fsp3) is 0.810. The topological polar surface area (TPSA) is 401 Å². The first-order valence-corrected chi connectivity index (χ1v) is 31.0.